The number of hydrogen-bond donors (Lipinski definition) is 0. The highest BCUT2D eigenvalue weighted by Crippen LogP contribution is 2.33. The second-order valence-electron chi connectivity index (χ2n) is 7.63. The molecule has 6 nitrogen and oxygen atoms in total. The summed E-state index contributed by atoms with van der Waals surface area (Å²) in [6.45, 7) is 3.32. The molecule has 29 heavy (non-hydrogen) atoms. The van der Waals surface area contributed by atoms with Crippen LogP contribution in [0.15, 0.2) is 61.1 Å². The van der Waals surface area contributed by atoms with E-state index in [1.165, 1.54) is 0 Å². The number of carbonyl (C=O) groups excluding carboxylic acids is 1. The van der Waals surface area contributed by atoms with Crippen LogP contribution in [0.2, 0.25) is 5.02 Å². The van der Waals surface area contributed by atoms with Crippen LogP contribution in [-0.2, 0) is 0 Å². The largest absolute Gasteiger partial charge is 0.340 e. The summed E-state index contributed by atoms with van der Waals surface area (Å²) in [5.41, 5.74) is 2.37. The minimum absolute atomic E-state index is 0.0482. The summed E-state index contributed by atoms with van der Waals surface area (Å²) < 4.78 is 0. The molecule has 5 rings (SSSR count). The molecule has 2 aliphatic rings. The van der Waals surface area contributed by atoms with Crippen LogP contribution in [0.1, 0.15) is 10.4 Å². The number of rotatable bonds is 3. The van der Waals surface area contributed by atoms with Crippen molar-refractivity contribution < 1.29 is 4.79 Å². The van der Waals surface area contributed by atoms with Crippen LogP contribution in [0.4, 0.5) is 5.95 Å². The molecule has 2 saturated heterocycles. The van der Waals surface area contributed by atoms with Gasteiger partial charge in [0.25, 0.3) is 5.91 Å². The monoisotopic (exact) mass is 405 g/mol. The number of anilines is 1. The number of hydrogen-bond acceptors (Lipinski definition) is 5. The highest BCUT2D eigenvalue weighted by Gasteiger charge is 2.42. The summed E-state index contributed by atoms with van der Waals surface area (Å²) in [5, 5.41) is 0.669. The molecule has 3 aromatic rings. The second-order valence-corrected chi connectivity index (χ2v) is 8.06. The molecule has 0 N–H and O–H groups in total. The summed E-state index contributed by atoms with van der Waals surface area (Å²) in [4.78, 5) is 30.3. The van der Waals surface area contributed by atoms with Crippen LogP contribution in [0.3, 0.4) is 0 Å². The molecule has 0 aliphatic carbocycles. The number of nitrogens with zero attached hydrogens (tertiary/aromatic N) is 5. The lowest BCUT2D eigenvalue weighted by Crippen LogP contribution is -2.33. The summed E-state index contributed by atoms with van der Waals surface area (Å²) in [6.07, 6.45) is 5.20. The molecule has 0 saturated carbocycles. The van der Waals surface area contributed by atoms with E-state index in [1.54, 1.807) is 18.6 Å². The smallest absolute Gasteiger partial charge is 0.255 e. The number of pyridine rings is 1. The number of benzene rings is 1. The van der Waals surface area contributed by atoms with Crippen molar-refractivity contribution in [1.82, 2.24) is 19.9 Å². The van der Waals surface area contributed by atoms with Crippen LogP contribution in [0, 0.1) is 11.8 Å². The minimum Gasteiger partial charge on any atom is -0.340 e. The molecule has 0 spiro atoms. The summed E-state index contributed by atoms with van der Waals surface area (Å²) in [5.74, 6) is 1.75. The van der Waals surface area contributed by atoms with Gasteiger partial charge in [-0.05, 0) is 30.3 Å². The topological polar surface area (TPSA) is 62.2 Å². The van der Waals surface area contributed by atoms with Gasteiger partial charge in [-0.15, -0.1) is 0 Å². The Labute approximate surface area is 174 Å². The minimum atomic E-state index is 0.0482. The van der Waals surface area contributed by atoms with Gasteiger partial charge in [-0.1, -0.05) is 23.7 Å². The van der Waals surface area contributed by atoms with Gasteiger partial charge in [0, 0.05) is 67.2 Å². The Kier molecular flexibility index (Phi) is 4.64. The van der Waals surface area contributed by atoms with E-state index < -0.39 is 0 Å². The van der Waals surface area contributed by atoms with E-state index in [0.29, 0.717) is 22.4 Å². The van der Waals surface area contributed by atoms with E-state index in [1.807, 2.05) is 47.4 Å². The fourth-order valence-corrected chi connectivity index (χ4v) is 4.49. The molecule has 2 aliphatic heterocycles. The number of likely N-dealkylation sites (tertiary alicyclic amines) is 1. The van der Waals surface area contributed by atoms with Gasteiger partial charge in [-0.3, -0.25) is 9.78 Å². The fourth-order valence-electron chi connectivity index (χ4n) is 4.30. The van der Waals surface area contributed by atoms with Crippen molar-refractivity contribution in [2.75, 3.05) is 31.1 Å². The first-order valence-corrected chi connectivity index (χ1v) is 10.1. The lowest BCUT2D eigenvalue weighted by atomic mass is 10.0. The van der Waals surface area contributed by atoms with Gasteiger partial charge in [0.05, 0.1) is 11.3 Å². The summed E-state index contributed by atoms with van der Waals surface area (Å²) >= 11 is 6.06. The van der Waals surface area contributed by atoms with E-state index >= 15 is 0 Å². The van der Waals surface area contributed by atoms with E-state index in [-0.39, 0.29) is 5.91 Å². The van der Waals surface area contributed by atoms with Gasteiger partial charge in [-0.2, -0.15) is 0 Å². The zero-order valence-corrected chi connectivity index (χ0v) is 16.5. The molecule has 2 fully saturated rings. The van der Waals surface area contributed by atoms with Gasteiger partial charge in [-0.25, -0.2) is 9.97 Å². The lowest BCUT2D eigenvalue weighted by Gasteiger charge is -2.21. The van der Waals surface area contributed by atoms with Crippen molar-refractivity contribution >= 4 is 23.5 Å². The van der Waals surface area contributed by atoms with E-state index in [9.17, 15) is 4.79 Å². The van der Waals surface area contributed by atoms with E-state index in [4.69, 9.17) is 11.6 Å². The molecule has 4 heterocycles. The average Bonchev–Trinajstić information content (AvgIpc) is 3.33. The summed E-state index contributed by atoms with van der Waals surface area (Å²) in [7, 11) is 0. The Morgan fingerprint density at radius 3 is 2.34 bits per heavy atom. The Bertz CT molecular complexity index is 1010. The second kappa shape index (κ2) is 7.44. The summed E-state index contributed by atoms with van der Waals surface area (Å²) in [6, 6.07) is 13.1. The molecule has 7 heteroatoms. The van der Waals surface area contributed by atoms with Crippen molar-refractivity contribution in [1.29, 1.82) is 0 Å². The maximum Gasteiger partial charge on any atom is 0.255 e. The predicted molar refractivity (Wildman–Crippen MR) is 112 cm³/mol. The zero-order chi connectivity index (χ0) is 19.8. The molecule has 1 aromatic carbocycles. The standard InChI is InChI=1S/C22H20ClN5O/c23-19-4-1-3-15(9-19)20-6-5-16(10-26-20)21(29)27-11-17-13-28(14-18(17)12-27)22-24-7-2-8-25-22/h1-10,17-18H,11-14H2. The van der Waals surface area contributed by atoms with Gasteiger partial charge in [0.1, 0.15) is 0 Å². The molecule has 1 amide bonds. The van der Waals surface area contributed by atoms with Crippen molar-refractivity contribution in [3.05, 3.63) is 71.6 Å². The highest BCUT2D eigenvalue weighted by atomic mass is 35.5. The molecule has 146 valence electrons. The van der Waals surface area contributed by atoms with E-state index in [2.05, 4.69) is 19.9 Å². The highest BCUT2D eigenvalue weighted by molar-refractivity contribution is 6.30. The van der Waals surface area contributed by atoms with Gasteiger partial charge in [0.2, 0.25) is 5.95 Å². The molecule has 2 unspecified atom stereocenters. The van der Waals surface area contributed by atoms with E-state index in [0.717, 1.165) is 43.4 Å². The maximum atomic E-state index is 13.0. The van der Waals surface area contributed by atoms with Crippen molar-refractivity contribution in [3.63, 3.8) is 0 Å². The van der Waals surface area contributed by atoms with Gasteiger partial charge >= 0.3 is 0 Å². The van der Waals surface area contributed by atoms with Crippen LogP contribution < -0.4 is 4.90 Å². The van der Waals surface area contributed by atoms with Crippen LogP contribution in [0.5, 0.6) is 0 Å². The first-order chi connectivity index (χ1) is 14.2. The van der Waals surface area contributed by atoms with Crippen molar-refractivity contribution in [2.24, 2.45) is 11.8 Å². The van der Waals surface area contributed by atoms with Crippen LogP contribution in [0.25, 0.3) is 11.3 Å². The first-order valence-electron chi connectivity index (χ1n) is 9.70. The number of carbonyl (C=O) groups is 1. The number of amides is 1. The molecular formula is C22H20ClN5O. The Balaban J connectivity index is 1.25. The third-order valence-corrected chi connectivity index (χ3v) is 5.97. The molecule has 2 aromatic heterocycles. The Hall–Kier alpha value is -2.99. The Morgan fingerprint density at radius 1 is 0.931 bits per heavy atom. The number of halogens is 1. The van der Waals surface area contributed by atoms with Crippen LogP contribution in [-0.4, -0.2) is 51.9 Å². The third-order valence-electron chi connectivity index (χ3n) is 5.74. The normalized spacial score (nSPS) is 20.7. The van der Waals surface area contributed by atoms with Crippen molar-refractivity contribution in [3.8, 4) is 11.3 Å². The SMILES string of the molecule is O=C(c1ccc(-c2cccc(Cl)c2)nc1)N1CC2CN(c3ncccn3)CC2C1. The fraction of sp³-hybridized carbons (Fsp3) is 0.273. The average molecular weight is 406 g/mol. The van der Waals surface area contributed by atoms with Crippen LogP contribution >= 0.6 is 11.6 Å². The predicted octanol–water partition coefficient (Wildman–Crippen LogP) is 3.40. The van der Waals surface area contributed by atoms with Gasteiger partial charge < -0.3 is 9.80 Å². The lowest BCUT2D eigenvalue weighted by molar-refractivity contribution is 0.0782. The molecule has 0 radical (unpaired) electrons. The maximum absolute atomic E-state index is 13.0. The number of fused-ring (bicyclic) bond motifs is 1. The Morgan fingerprint density at radius 2 is 1.69 bits per heavy atom. The quantitative estimate of drug-likeness (QED) is 0.668. The third kappa shape index (κ3) is 3.56. The molecular weight excluding hydrogens is 386 g/mol. The molecule has 0 bridgehead atoms. The number of aromatic nitrogens is 3. The zero-order valence-electron chi connectivity index (χ0n) is 15.8. The molecule has 2 atom stereocenters. The first kappa shape index (κ1) is 18.1. The van der Waals surface area contributed by atoms with Crippen molar-refractivity contribution in [2.45, 2.75) is 0 Å². The van der Waals surface area contributed by atoms with Gasteiger partial charge in [0.15, 0.2) is 0 Å².